The summed E-state index contributed by atoms with van der Waals surface area (Å²) in [7, 11) is 3.90. The smallest absolute Gasteiger partial charge is 0.122 e. The van der Waals surface area contributed by atoms with Crippen LogP contribution < -0.4 is 0 Å². The number of hydrogen-bond acceptors (Lipinski definition) is 1. The van der Waals surface area contributed by atoms with Gasteiger partial charge in [0.25, 0.3) is 0 Å². The zero-order chi connectivity index (χ0) is 9.72. The van der Waals surface area contributed by atoms with Crippen LogP contribution in [0, 0.1) is 0 Å². The highest BCUT2D eigenvalue weighted by atomic mass is 15.1. The molecule has 0 aliphatic rings. The summed E-state index contributed by atoms with van der Waals surface area (Å²) < 4.78 is 0. The molecule has 0 aromatic heterocycles. The minimum atomic E-state index is 0.167. The van der Waals surface area contributed by atoms with Gasteiger partial charge in [-0.1, -0.05) is 18.7 Å². The van der Waals surface area contributed by atoms with Crippen molar-refractivity contribution in [3.63, 3.8) is 0 Å². The summed E-state index contributed by atoms with van der Waals surface area (Å²) in [5.41, 5.74) is 1.07. The van der Waals surface area contributed by atoms with Gasteiger partial charge in [-0.2, -0.15) is 0 Å². The summed E-state index contributed by atoms with van der Waals surface area (Å²) in [4.78, 5) is 6.36. The van der Waals surface area contributed by atoms with E-state index in [-0.39, 0.29) is 6.04 Å². The molecule has 1 unspecified atom stereocenters. The van der Waals surface area contributed by atoms with Crippen LogP contribution in [0.15, 0.2) is 29.8 Å². The molecule has 0 bridgehead atoms. The summed E-state index contributed by atoms with van der Waals surface area (Å²) in [5.74, 6) is 0.894. The van der Waals surface area contributed by atoms with Gasteiger partial charge in [0.2, 0.25) is 0 Å². The zero-order valence-electron chi connectivity index (χ0n) is 8.46. The molecule has 12 heavy (non-hydrogen) atoms. The van der Waals surface area contributed by atoms with Crippen molar-refractivity contribution in [2.24, 2.45) is 4.99 Å². The van der Waals surface area contributed by atoms with E-state index in [4.69, 9.17) is 0 Å². The first kappa shape index (κ1) is 11.0. The van der Waals surface area contributed by atoms with E-state index >= 15 is 0 Å². The van der Waals surface area contributed by atoms with Crippen LogP contribution in [0.1, 0.15) is 13.8 Å². The van der Waals surface area contributed by atoms with Gasteiger partial charge in [-0.3, -0.25) is 4.99 Å². The van der Waals surface area contributed by atoms with E-state index in [2.05, 4.69) is 18.2 Å². The first-order valence-corrected chi connectivity index (χ1v) is 4.02. The first-order valence-electron chi connectivity index (χ1n) is 4.02. The maximum Gasteiger partial charge on any atom is 0.122 e. The van der Waals surface area contributed by atoms with Crippen LogP contribution in [0.2, 0.25) is 0 Å². The second-order valence-electron chi connectivity index (χ2n) is 3.11. The second kappa shape index (κ2) is 4.75. The normalized spacial score (nSPS) is 13.8. The number of likely N-dealkylation sites (N-methyl/N-ethyl adjacent to an activating group) is 1. The Kier molecular flexibility index (Phi) is 4.34. The number of amidine groups is 1. The molecule has 0 aliphatic carbocycles. The monoisotopic (exact) mass is 166 g/mol. The predicted octanol–water partition coefficient (Wildman–Crippen LogP) is 2.10. The van der Waals surface area contributed by atoms with E-state index in [1.165, 1.54) is 0 Å². The average molecular weight is 166 g/mol. The van der Waals surface area contributed by atoms with Crippen molar-refractivity contribution in [2.45, 2.75) is 19.9 Å². The molecular weight excluding hydrogens is 148 g/mol. The van der Waals surface area contributed by atoms with Gasteiger partial charge in [0.15, 0.2) is 0 Å². The highest BCUT2D eigenvalue weighted by Gasteiger charge is 2.01. The number of aliphatic imine (C=N–C) groups is 1. The Labute approximate surface area is 75.3 Å². The molecule has 68 valence electrons. The van der Waals surface area contributed by atoms with Crippen molar-refractivity contribution in [1.29, 1.82) is 0 Å². The molecule has 0 heterocycles. The molecule has 0 saturated carbocycles. The lowest BCUT2D eigenvalue weighted by Gasteiger charge is -2.14. The number of hydrogen-bond donors (Lipinski definition) is 0. The standard InChI is InChI=1S/C10H18N2/c1-7-10(12(5)6)11-9(4)8(2)3/h7,9H,1-2H2,3-6H3. The molecule has 1 atom stereocenters. The lowest BCUT2D eigenvalue weighted by atomic mass is 10.2. The van der Waals surface area contributed by atoms with Gasteiger partial charge in [-0.15, -0.1) is 0 Å². The minimum absolute atomic E-state index is 0.167. The SMILES string of the molecule is C=CC(=NC(C)C(=C)C)N(C)C. The third kappa shape index (κ3) is 3.37. The summed E-state index contributed by atoms with van der Waals surface area (Å²) >= 11 is 0. The van der Waals surface area contributed by atoms with Crippen LogP contribution in [0.3, 0.4) is 0 Å². The molecule has 0 radical (unpaired) electrons. The Morgan fingerprint density at radius 1 is 1.50 bits per heavy atom. The Morgan fingerprint density at radius 3 is 2.25 bits per heavy atom. The Morgan fingerprint density at radius 2 is 2.00 bits per heavy atom. The highest BCUT2D eigenvalue weighted by molar-refractivity contribution is 5.92. The molecule has 0 fully saturated rings. The summed E-state index contributed by atoms with van der Waals surface area (Å²) in [5, 5.41) is 0. The quantitative estimate of drug-likeness (QED) is 0.356. The van der Waals surface area contributed by atoms with Crippen molar-refractivity contribution < 1.29 is 0 Å². The van der Waals surface area contributed by atoms with E-state index in [9.17, 15) is 0 Å². The Balaban J connectivity index is 4.48. The fraction of sp³-hybridized carbons (Fsp3) is 0.500. The van der Waals surface area contributed by atoms with Gasteiger partial charge in [-0.05, 0) is 19.9 Å². The van der Waals surface area contributed by atoms with Crippen molar-refractivity contribution in [1.82, 2.24) is 4.90 Å². The van der Waals surface area contributed by atoms with E-state index in [1.54, 1.807) is 6.08 Å². The molecule has 0 aromatic carbocycles. The Hall–Kier alpha value is -1.05. The number of nitrogens with zero attached hydrogens (tertiary/aromatic N) is 2. The van der Waals surface area contributed by atoms with Gasteiger partial charge in [0.05, 0.1) is 6.04 Å². The van der Waals surface area contributed by atoms with Gasteiger partial charge in [-0.25, -0.2) is 0 Å². The summed E-state index contributed by atoms with van der Waals surface area (Å²) in [6.07, 6.45) is 1.75. The molecule has 2 heteroatoms. The van der Waals surface area contributed by atoms with Crippen molar-refractivity contribution >= 4 is 5.84 Å². The fourth-order valence-electron chi connectivity index (χ4n) is 0.659. The predicted molar refractivity (Wildman–Crippen MR) is 55.6 cm³/mol. The van der Waals surface area contributed by atoms with Gasteiger partial charge in [0.1, 0.15) is 5.84 Å². The van der Waals surface area contributed by atoms with Crippen LogP contribution in [-0.2, 0) is 0 Å². The van der Waals surface area contributed by atoms with Crippen LogP contribution >= 0.6 is 0 Å². The van der Waals surface area contributed by atoms with Crippen LogP contribution in [0.25, 0.3) is 0 Å². The third-order valence-electron chi connectivity index (χ3n) is 1.68. The van der Waals surface area contributed by atoms with Crippen molar-refractivity contribution in [2.75, 3.05) is 14.1 Å². The van der Waals surface area contributed by atoms with E-state index < -0.39 is 0 Å². The number of rotatable bonds is 3. The summed E-state index contributed by atoms with van der Waals surface area (Å²) in [6.45, 7) is 11.5. The molecule has 0 aromatic rings. The van der Waals surface area contributed by atoms with Crippen molar-refractivity contribution in [3.8, 4) is 0 Å². The molecule has 0 aliphatic heterocycles. The first-order chi connectivity index (χ1) is 5.49. The van der Waals surface area contributed by atoms with E-state index in [0.717, 1.165) is 11.4 Å². The van der Waals surface area contributed by atoms with Crippen LogP contribution in [0.5, 0.6) is 0 Å². The molecule has 0 amide bonds. The molecular formula is C10H18N2. The highest BCUT2D eigenvalue weighted by Crippen LogP contribution is 2.03. The third-order valence-corrected chi connectivity index (χ3v) is 1.68. The molecule has 0 saturated heterocycles. The molecule has 0 spiro atoms. The topological polar surface area (TPSA) is 15.6 Å². The molecule has 0 rings (SSSR count). The van der Waals surface area contributed by atoms with Crippen LogP contribution in [0.4, 0.5) is 0 Å². The maximum atomic E-state index is 4.42. The molecule has 2 nitrogen and oxygen atoms in total. The second-order valence-corrected chi connectivity index (χ2v) is 3.11. The maximum absolute atomic E-state index is 4.42. The van der Waals surface area contributed by atoms with E-state index in [0.29, 0.717) is 0 Å². The van der Waals surface area contributed by atoms with Gasteiger partial charge >= 0.3 is 0 Å². The lowest BCUT2D eigenvalue weighted by Crippen LogP contribution is -2.21. The van der Waals surface area contributed by atoms with E-state index in [1.807, 2.05) is 32.8 Å². The Bertz CT molecular complexity index is 202. The zero-order valence-corrected chi connectivity index (χ0v) is 8.46. The lowest BCUT2D eigenvalue weighted by molar-refractivity contribution is 0.617. The minimum Gasteiger partial charge on any atom is -0.363 e. The van der Waals surface area contributed by atoms with Gasteiger partial charge < -0.3 is 4.90 Å². The van der Waals surface area contributed by atoms with Gasteiger partial charge in [0, 0.05) is 14.1 Å². The van der Waals surface area contributed by atoms with Crippen LogP contribution in [-0.4, -0.2) is 30.9 Å². The average Bonchev–Trinajstić information content (AvgIpc) is 1.98. The molecule has 0 N–H and O–H groups in total. The largest absolute Gasteiger partial charge is 0.363 e. The fourth-order valence-corrected chi connectivity index (χ4v) is 0.659. The van der Waals surface area contributed by atoms with Crippen molar-refractivity contribution in [3.05, 3.63) is 24.8 Å². The summed E-state index contributed by atoms with van der Waals surface area (Å²) in [6, 6.07) is 0.167.